The minimum Gasteiger partial charge on any atom is -0.384 e. The summed E-state index contributed by atoms with van der Waals surface area (Å²) in [5, 5.41) is 24.1. The van der Waals surface area contributed by atoms with Gasteiger partial charge in [0.15, 0.2) is 0 Å². The highest BCUT2D eigenvalue weighted by molar-refractivity contribution is 5.18. The molecule has 1 heterocycles. The molecule has 0 aliphatic rings. The van der Waals surface area contributed by atoms with Crippen LogP contribution in [-0.4, -0.2) is 23.8 Å². The van der Waals surface area contributed by atoms with E-state index in [0.29, 0.717) is 0 Å². The number of aromatic nitrogens is 2. The summed E-state index contributed by atoms with van der Waals surface area (Å²) < 4.78 is 8.73. The topological polar surface area (TPSA) is 105 Å². The van der Waals surface area contributed by atoms with Gasteiger partial charge in [-0.1, -0.05) is 0 Å². The van der Waals surface area contributed by atoms with Crippen LogP contribution in [0.5, 0.6) is 0 Å². The number of hydrogen-bond donors (Lipinski definition) is 0. The van der Waals surface area contributed by atoms with Gasteiger partial charge in [0.1, 0.15) is 0 Å². The lowest BCUT2D eigenvalue weighted by molar-refractivity contribution is -0.808. The van der Waals surface area contributed by atoms with Gasteiger partial charge >= 0.3 is 5.82 Å². The first kappa shape index (κ1) is 9.39. The van der Waals surface area contributed by atoms with Crippen LogP contribution in [0.2, 0.25) is 0 Å². The second-order valence-corrected chi connectivity index (χ2v) is 2.20. The third kappa shape index (κ3) is 1.90. The molecule has 0 fully saturated rings. The van der Waals surface area contributed by atoms with Crippen LogP contribution in [0.25, 0.3) is 0 Å². The average Bonchev–Trinajstić information content (AvgIpc) is 2.43. The molecule has 0 amide bonds. The monoisotopic (exact) mass is 189 g/mol. The Kier molecular flexibility index (Phi) is 2.75. The maximum atomic E-state index is 10.8. The van der Waals surface area contributed by atoms with E-state index in [1.54, 1.807) is 0 Å². The zero-order valence-corrected chi connectivity index (χ0v) is 6.80. The van der Waals surface area contributed by atoms with Gasteiger partial charge in [0.05, 0.1) is 11.8 Å². The van der Waals surface area contributed by atoms with E-state index >= 15 is 0 Å². The minimum atomic E-state index is -0.775. The third-order valence-corrected chi connectivity index (χ3v) is 1.40. The lowest BCUT2D eigenvalue weighted by atomic mass is 10.3. The Labute approximate surface area is 72.4 Å². The quantitative estimate of drug-likeness (QED) is 0.356. The van der Waals surface area contributed by atoms with Crippen molar-refractivity contribution in [2.45, 2.75) is 6.42 Å². The lowest BCUT2D eigenvalue weighted by Crippen LogP contribution is -2.29. The maximum absolute atomic E-state index is 10.8. The van der Waals surface area contributed by atoms with Gasteiger partial charge in [-0.25, -0.2) is 0 Å². The highest BCUT2D eigenvalue weighted by atomic mass is 16.8. The first-order valence-corrected chi connectivity index (χ1v) is 3.38. The van der Waals surface area contributed by atoms with Crippen LogP contribution in [0.4, 0.5) is 5.82 Å². The second-order valence-electron chi connectivity index (χ2n) is 2.20. The number of methoxy groups -OCH3 is 1. The molecule has 0 atom stereocenters. The van der Waals surface area contributed by atoms with Gasteiger partial charge < -0.3 is 20.1 Å². The molecule has 0 aliphatic heterocycles. The summed E-state index contributed by atoms with van der Waals surface area (Å²) in [4.78, 5) is 9.52. The van der Waals surface area contributed by atoms with Crippen LogP contribution in [0.3, 0.4) is 0 Å². The predicted octanol–water partition coefficient (Wildman–Crippen LogP) is -0.595. The van der Waals surface area contributed by atoms with Crippen molar-refractivity contribution in [2.75, 3.05) is 13.7 Å². The fourth-order valence-electron chi connectivity index (χ4n) is 0.800. The van der Waals surface area contributed by atoms with E-state index in [2.05, 4.69) is 14.5 Å². The van der Waals surface area contributed by atoms with Crippen LogP contribution in [0.1, 0.15) is 5.69 Å². The Balaban J connectivity index is 2.88. The van der Waals surface area contributed by atoms with E-state index in [4.69, 9.17) is 0 Å². The molecule has 0 spiro atoms. The van der Waals surface area contributed by atoms with E-state index in [9.17, 15) is 15.3 Å². The summed E-state index contributed by atoms with van der Waals surface area (Å²) in [6.45, 7) is 0.199. The van der Waals surface area contributed by atoms with E-state index in [1.165, 1.54) is 7.11 Å². The van der Waals surface area contributed by atoms with Crippen LogP contribution in [0.15, 0.2) is 4.63 Å². The zero-order valence-electron chi connectivity index (χ0n) is 6.80. The summed E-state index contributed by atoms with van der Waals surface area (Å²) in [5.74, 6) is -0.563. The van der Waals surface area contributed by atoms with Crippen LogP contribution in [-0.2, 0) is 11.2 Å². The largest absolute Gasteiger partial charge is 0.435 e. The molecule has 13 heavy (non-hydrogen) atoms. The van der Waals surface area contributed by atoms with Gasteiger partial charge in [-0.2, -0.15) is 0 Å². The van der Waals surface area contributed by atoms with Gasteiger partial charge in [0.2, 0.25) is 0 Å². The molecule has 0 N–H and O–H groups in total. The maximum Gasteiger partial charge on any atom is 0.435 e. The molecular weight excluding hydrogens is 182 g/mol. The zero-order chi connectivity index (χ0) is 9.84. The van der Waals surface area contributed by atoms with Crippen LogP contribution in [0, 0.1) is 15.3 Å². The highest BCUT2D eigenvalue weighted by Crippen LogP contribution is 2.10. The SMILES string of the molecule is COCCc1c([N+](=O)[O-])no[n+]1[O-]. The van der Waals surface area contributed by atoms with Gasteiger partial charge in [-0.3, -0.25) is 4.63 Å². The summed E-state index contributed by atoms with van der Waals surface area (Å²) in [6, 6.07) is 0. The van der Waals surface area contributed by atoms with Crippen molar-refractivity contribution in [1.29, 1.82) is 0 Å². The Morgan fingerprint density at radius 2 is 2.46 bits per heavy atom. The average molecular weight is 189 g/mol. The smallest absolute Gasteiger partial charge is 0.384 e. The summed E-state index contributed by atoms with van der Waals surface area (Å²) >= 11 is 0. The normalized spacial score (nSPS) is 10.2. The van der Waals surface area contributed by atoms with E-state index in [0.717, 1.165) is 0 Å². The van der Waals surface area contributed by atoms with Crippen LogP contribution >= 0.6 is 0 Å². The van der Waals surface area contributed by atoms with Gasteiger partial charge in [0, 0.05) is 13.5 Å². The third-order valence-electron chi connectivity index (χ3n) is 1.40. The summed E-state index contributed by atoms with van der Waals surface area (Å²) in [6.07, 6.45) is 0.0970. The lowest BCUT2D eigenvalue weighted by Gasteiger charge is -1.95. The van der Waals surface area contributed by atoms with E-state index in [-0.39, 0.29) is 23.6 Å². The van der Waals surface area contributed by atoms with Crippen LogP contribution < -0.4 is 4.90 Å². The molecule has 0 bridgehead atoms. The van der Waals surface area contributed by atoms with Crippen molar-refractivity contribution < 1.29 is 19.2 Å². The molecule has 1 aromatic rings. The Morgan fingerprint density at radius 3 is 3.00 bits per heavy atom. The molecule has 0 saturated heterocycles. The standard InChI is InChI=1S/C5H7N3O5/c1-12-3-2-4-5(7(9)10)6-13-8(4)11/h2-3H2,1H3. The highest BCUT2D eigenvalue weighted by Gasteiger charge is 2.24. The molecule has 0 aromatic carbocycles. The molecule has 0 saturated carbocycles. The van der Waals surface area contributed by atoms with Crippen molar-refractivity contribution in [3.8, 4) is 0 Å². The van der Waals surface area contributed by atoms with Gasteiger partial charge in [0.25, 0.3) is 5.69 Å². The number of rotatable bonds is 4. The molecule has 1 rings (SSSR count). The van der Waals surface area contributed by atoms with Crippen molar-refractivity contribution in [3.63, 3.8) is 0 Å². The van der Waals surface area contributed by atoms with Crippen molar-refractivity contribution in [1.82, 2.24) is 5.16 Å². The van der Waals surface area contributed by atoms with E-state index in [1.807, 2.05) is 0 Å². The molecule has 0 radical (unpaired) electrons. The fraction of sp³-hybridized carbons (Fsp3) is 0.600. The number of ether oxygens (including phenoxy) is 1. The number of nitro groups is 1. The Morgan fingerprint density at radius 1 is 1.77 bits per heavy atom. The Bertz CT molecular complexity index is 309. The second kappa shape index (κ2) is 3.81. The fourth-order valence-corrected chi connectivity index (χ4v) is 0.800. The van der Waals surface area contributed by atoms with Crippen molar-refractivity contribution in [3.05, 3.63) is 21.0 Å². The molecule has 72 valence electrons. The first-order chi connectivity index (χ1) is 6.16. The Hall–Kier alpha value is -1.70. The molecule has 8 nitrogen and oxygen atoms in total. The summed E-state index contributed by atoms with van der Waals surface area (Å²) in [5.41, 5.74) is -0.133. The minimum absolute atomic E-state index is 0.0111. The molecular formula is C5H7N3O5. The van der Waals surface area contributed by atoms with Gasteiger partial charge in [-0.05, 0) is 9.83 Å². The molecule has 0 unspecified atom stereocenters. The molecule has 8 heteroatoms. The van der Waals surface area contributed by atoms with Crippen molar-refractivity contribution in [2.24, 2.45) is 0 Å². The van der Waals surface area contributed by atoms with E-state index < -0.39 is 10.7 Å². The first-order valence-electron chi connectivity index (χ1n) is 3.38. The van der Waals surface area contributed by atoms with Gasteiger partial charge in [-0.15, -0.1) is 0 Å². The molecule has 1 aromatic heterocycles. The van der Waals surface area contributed by atoms with Crippen molar-refractivity contribution >= 4 is 5.82 Å². The predicted molar refractivity (Wildman–Crippen MR) is 37.7 cm³/mol. The number of nitrogens with zero attached hydrogens (tertiary/aromatic N) is 3. The molecule has 0 aliphatic carbocycles. The number of hydrogen-bond acceptors (Lipinski definition) is 6. The summed E-state index contributed by atoms with van der Waals surface area (Å²) in [7, 11) is 1.43.